The molecule has 0 spiro atoms. The second-order valence-electron chi connectivity index (χ2n) is 10.6. The summed E-state index contributed by atoms with van der Waals surface area (Å²) in [4.78, 5) is 41.2. The van der Waals surface area contributed by atoms with Crippen molar-refractivity contribution >= 4 is 74.7 Å². The number of thioether (sulfide) groups is 1. The summed E-state index contributed by atoms with van der Waals surface area (Å²) in [6.45, 7) is 2.01. The Labute approximate surface area is 276 Å². The van der Waals surface area contributed by atoms with Crippen molar-refractivity contribution in [2.75, 3.05) is 5.32 Å². The highest BCUT2D eigenvalue weighted by molar-refractivity contribution is 8.00. The van der Waals surface area contributed by atoms with Gasteiger partial charge in [0.15, 0.2) is 0 Å². The van der Waals surface area contributed by atoms with Crippen LogP contribution in [0.25, 0.3) is 27.9 Å². The smallest absolute Gasteiger partial charge is 0.272 e. The number of nitrogens with one attached hydrogen (secondary N) is 2. The fraction of sp³-hybridized carbons (Fsp3) is 0.0789. The first-order valence-electron chi connectivity index (χ1n) is 14.9. The molecule has 6 nitrogen and oxygen atoms in total. The maximum Gasteiger partial charge on any atom is 0.272 e. The van der Waals surface area contributed by atoms with Crippen molar-refractivity contribution in [1.29, 1.82) is 0 Å². The van der Waals surface area contributed by atoms with E-state index in [9.17, 15) is 14.4 Å². The van der Waals surface area contributed by atoms with E-state index in [-0.39, 0.29) is 16.9 Å². The summed E-state index contributed by atoms with van der Waals surface area (Å²) in [5, 5.41) is 7.91. The number of carbonyl (C=O) groups is 3. The lowest BCUT2D eigenvalue weighted by molar-refractivity contribution is -0.113. The van der Waals surface area contributed by atoms with E-state index in [4.69, 9.17) is 11.6 Å². The maximum atomic E-state index is 14.0. The van der Waals surface area contributed by atoms with E-state index in [0.717, 1.165) is 26.7 Å². The van der Waals surface area contributed by atoms with Crippen LogP contribution in [-0.4, -0.2) is 27.5 Å². The number of para-hydroxylation sites is 2. The van der Waals surface area contributed by atoms with Crippen molar-refractivity contribution in [3.8, 4) is 0 Å². The number of hydrogen-bond donors (Lipinski definition) is 2. The zero-order chi connectivity index (χ0) is 32.0. The molecule has 2 amide bonds. The van der Waals surface area contributed by atoms with E-state index in [0.29, 0.717) is 28.3 Å². The molecule has 0 radical (unpaired) electrons. The third-order valence-corrected chi connectivity index (χ3v) is 9.12. The minimum Gasteiger partial charge on any atom is -0.321 e. The Morgan fingerprint density at radius 3 is 2.04 bits per heavy atom. The van der Waals surface area contributed by atoms with Crippen molar-refractivity contribution in [2.24, 2.45) is 0 Å². The number of benzene rings is 5. The lowest BCUT2D eigenvalue weighted by Gasteiger charge is -2.16. The van der Waals surface area contributed by atoms with Crippen LogP contribution in [0.4, 0.5) is 5.69 Å². The van der Waals surface area contributed by atoms with E-state index in [2.05, 4.69) is 10.6 Å². The molecule has 0 aliphatic heterocycles. The largest absolute Gasteiger partial charge is 0.321 e. The number of fused-ring (bicyclic) bond motifs is 3. The summed E-state index contributed by atoms with van der Waals surface area (Å²) in [6.07, 6.45) is 2.22. The predicted molar refractivity (Wildman–Crippen MR) is 188 cm³/mol. The molecule has 0 bridgehead atoms. The average molecular weight is 644 g/mol. The second kappa shape index (κ2) is 13.9. The van der Waals surface area contributed by atoms with E-state index in [1.807, 2.05) is 78.2 Å². The van der Waals surface area contributed by atoms with Gasteiger partial charge in [0, 0.05) is 31.9 Å². The van der Waals surface area contributed by atoms with Gasteiger partial charge in [0.1, 0.15) is 5.70 Å². The third kappa shape index (κ3) is 6.76. The molecule has 0 saturated heterocycles. The molecule has 0 aliphatic carbocycles. The summed E-state index contributed by atoms with van der Waals surface area (Å²) in [7, 11) is 0. The number of hydrogen-bond acceptors (Lipinski definition) is 4. The van der Waals surface area contributed by atoms with Crippen LogP contribution in [-0.2, 0) is 4.79 Å². The van der Waals surface area contributed by atoms with Gasteiger partial charge in [-0.1, -0.05) is 85.3 Å². The topological polar surface area (TPSA) is 80.2 Å². The lowest BCUT2D eigenvalue weighted by atomic mass is 10.1. The molecule has 1 aromatic heterocycles. The van der Waals surface area contributed by atoms with Gasteiger partial charge in [-0.15, -0.1) is 11.8 Å². The Balaban J connectivity index is 1.20. The van der Waals surface area contributed by atoms with Gasteiger partial charge in [0.05, 0.1) is 16.3 Å². The van der Waals surface area contributed by atoms with Crippen LogP contribution in [0.5, 0.6) is 0 Å². The number of rotatable bonds is 9. The van der Waals surface area contributed by atoms with Crippen LogP contribution in [0, 0.1) is 0 Å². The van der Waals surface area contributed by atoms with Gasteiger partial charge in [-0.05, 0) is 78.7 Å². The molecule has 6 rings (SSSR count). The molecule has 0 fully saturated rings. The summed E-state index contributed by atoms with van der Waals surface area (Å²) in [5.41, 5.74) is 3.49. The molecule has 228 valence electrons. The number of aromatic nitrogens is 1. The van der Waals surface area contributed by atoms with Gasteiger partial charge >= 0.3 is 0 Å². The molecule has 8 heteroatoms. The van der Waals surface area contributed by atoms with Crippen LogP contribution in [0.2, 0.25) is 5.02 Å². The number of carbonyl (C=O) groups excluding carboxylic acids is 3. The normalized spacial score (nSPS) is 12.2. The lowest BCUT2D eigenvalue weighted by Crippen LogP contribution is -2.30. The molecule has 5 aromatic carbocycles. The zero-order valence-electron chi connectivity index (χ0n) is 24.9. The Morgan fingerprint density at radius 2 is 1.41 bits per heavy atom. The van der Waals surface area contributed by atoms with Crippen molar-refractivity contribution in [2.45, 2.75) is 23.5 Å². The van der Waals surface area contributed by atoms with Crippen molar-refractivity contribution < 1.29 is 14.4 Å². The van der Waals surface area contributed by atoms with Crippen LogP contribution in [0.1, 0.15) is 34.1 Å². The highest BCUT2D eigenvalue weighted by atomic mass is 35.5. The molecule has 1 atom stereocenters. The minimum atomic E-state index is -0.488. The Kier molecular flexibility index (Phi) is 9.33. The maximum absolute atomic E-state index is 14.0. The fourth-order valence-corrected chi connectivity index (χ4v) is 6.49. The summed E-state index contributed by atoms with van der Waals surface area (Å²) in [6, 6.07) is 39.0. The first-order valence-corrected chi connectivity index (χ1v) is 16.1. The van der Waals surface area contributed by atoms with Gasteiger partial charge in [0.25, 0.3) is 11.8 Å². The molecular weight excluding hydrogens is 614 g/mol. The Hall–Kier alpha value is -5.11. The number of amides is 2. The van der Waals surface area contributed by atoms with Crippen LogP contribution in [0.15, 0.2) is 138 Å². The quantitative estimate of drug-likeness (QED) is 0.122. The van der Waals surface area contributed by atoms with Gasteiger partial charge in [-0.3, -0.25) is 19.0 Å². The molecule has 46 heavy (non-hydrogen) atoms. The van der Waals surface area contributed by atoms with Gasteiger partial charge in [-0.2, -0.15) is 0 Å². The zero-order valence-corrected chi connectivity index (χ0v) is 26.5. The van der Waals surface area contributed by atoms with Gasteiger partial charge < -0.3 is 10.6 Å². The third-order valence-electron chi connectivity index (χ3n) is 7.53. The van der Waals surface area contributed by atoms with Crippen LogP contribution >= 0.6 is 23.4 Å². The van der Waals surface area contributed by atoms with Gasteiger partial charge in [0.2, 0.25) is 5.91 Å². The summed E-state index contributed by atoms with van der Waals surface area (Å²) >= 11 is 7.65. The SMILES string of the molecule is CCC(Sc1ccc(NC(=O)/C(=C/c2cccc(Cl)c2)NC(=O)c2ccccc2)cc1)C(=O)n1c2ccccc2c2ccccc21. The Morgan fingerprint density at radius 1 is 0.783 bits per heavy atom. The molecule has 6 aromatic rings. The molecule has 0 saturated carbocycles. The molecule has 2 N–H and O–H groups in total. The van der Waals surface area contributed by atoms with Crippen molar-refractivity contribution in [3.63, 3.8) is 0 Å². The van der Waals surface area contributed by atoms with Gasteiger partial charge in [-0.25, -0.2) is 0 Å². The molecular formula is C38H30ClN3O3S. The van der Waals surface area contributed by atoms with E-state index in [1.165, 1.54) is 11.8 Å². The van der Waals surface area contributed by atoms with E-state index < -0.39 is 11.8 Å². The number of nitrogens with zero attached hydrogens (tertiary/aromatic N) is 1. The van der Waals surface area contributed by atoms with Crippen molar-refractivity contribution in [1.82, 2.24) is 9.88 Å². The summed E-state index contributed by atoms with van der Waals surface area (Å²) in [5.74, 6) is -0.876. The standard InChI is InChI=1S/C38H30ClN3O3S/c1-2-35(38(45)42-33-17-8-6-15-30(33)31-16-7-9-18-34(31)42)46-29-21-19-28(20-22-29)40-37(44)32(24-25-11-10-14-27(39)23-25)41-36(43)26-12-4-3-5-13-26/h3-24,35H,2H2,1H3,(H,40,44)(H,41,43)/b32-24-. The monoisotopic (exact) mass is 643 g/mol. The fourth-order valence-electron chi connectivity index (χ4n) is 5.30. The molecule has 1 unspecified atom stereocenters. The first kappa shape index (κ1) is 30.9. The Bertz CT molecular complexity index is 2030. The molecule has 1 heterocycles. The second-order valence-corrected chi connectivity index (χ2v) is 12.3. The first-order chi connectivity index (χ1) is 22.4. The molecule has 0 aliphatic rings. The van der Waals surface area contributed by atoms with E-state index >= 15 is 0 Å². The highest BCUT2D eigenvalue weighted by Gasteiger charge is 2.24. The minimum absolute atomic E-state index is 0.0206. The summed E-state index contributed by atoms with van der Waals surface area (Å²) < 4.78 is 1.83. The predicted octanol–water partition coefficient (Wildman–Crippen LogP) is 9.07. The van der Waals surface area contributed by atoms with E-state index in [1.54, 1.807) is 66.7 Å². The highest BCUT2D eigenvalue weighted by Crippen LogP contribution is 2.33. The average Bonchev–Trinajstić information content (AvgIpc) is 3.42. The van der Waals surface area contributed by atoms with Crippen LogP contribution in [0.3, 0.4) is 0 Å². The number of anilines is 1. The van der Waals surface area contributed by atoms with Crippen LogP contribution < -0.4 is 10.6 Å². The van der Waals surface area contributed by atoms with Crippen molar-refractivity contribution in [3.05, 3.63) is 149 Å². The number of halogens is 1.